The number of alkyl halides is 3. The molecule has 1 heterocycles. The van der Waals surface area contributed by atoms with Crippen LogP contribution in [0, 0.1) is 15.9 Å². The normalized spacial score (nSPS) is 11.3. The molecule has 1 aromatic heterocycles. The van der Waals surface area contributed by atoms with E-state index < -0.39 is 63.6 Å². The Morgan fingerprint density at radius 3 is 2.44 bits per heavy atom. The van der Waals surface area contributed by atoms with Gasteiger partial charge in [-0.05, 0) is 6.42 Å². The smallest absolute Gasteiger partial charge is 0.431 e. The van der Waals surface area contributed by atoms with Crippen molar-refractivity contribution in [1.82, 2.24) is 9.13 Å². The summed E-state index contributed by atoms with van der Waals surface area (Å²) in [6.45, 7) is 1.07. The molecule has 0 radical (unpaired) electrons. The van der Waals surface area contributed by atoms with Crippen LogP contribution in [0.2, 0.25) is 0 Å². The number of unbranched alkanes of at least 4 members (excludes halogenated alkanes) is 1. The highest BCUT2D eigenvalue weighted by atomic mass is 19.4. The van der Waals surface area contributed by atoms with Gasteiger partial charge in [0.05, 0.1) is 17.6 Å². The first-order valence-corrected chi connectivity index (χ1v) is 9.05. The maximum atomic E-state index is 15.0. The van der Waals surface area contributed by atoms with Crippen LogP contribution in [-0.2, 0) is 22.8 Å². The van der Waals surface area contributed by atoms with Gasteiger partial charge in [0.15, 0.2) is 18.2 Å². The number of nitro groups is 1. The molecule has 0 saturated carbocycles. The Hall–Kier alpha value is -3.71. The van der Waals surface area contributed by atoms with Crippen LogP contribution in [0.5, 0.6) is 5.75 Å². The highest BCUT2D eigenvalue weighted by Crippen LogP contribution is 2.30. The maximum absolute atomic E-state index is 15.0. The number of non-ortho nitro benzene ring substituents is 1. The Kier molecular flexibility index (Phi) is 7.38. The second-order valence-corrected chi connectivity index (χ2v) is 6.44. The van der Waals surface area contributed by atoms with E-state index in [1.165, 1.54) is 0 Å². The summed E-state index contributed by atoms with van der Waals surface area (Å²) in [5.74, 6) is -3.26. The van der Waals surface area contributed by atoms with Crippen molar-refractivity contribution in [3.8, 4) is 11.4 Å². The summed E-state index contributed by atoms with van der Waals surface area (Å²) in [6, 6.07) is 1.13. The predicted octanol–water partition coefficient (Wildman–Crippen LogP) is 2.32. The molecule has 0 saturated heterocycles. The summed E-state index contributed by atoms with van der Waals surface area (Å²) in [6.07, 6.45) is -3.77. The predicted molar refractivity (Wildman–Crippen MR) is 100 cm³/mol. The van der Waals surface area contributed by atoms with Gasteiger partial charge in [0.2, 0.25) is 0 Å². The second kappa shape index (κ2) is 9.62. The number of benzene rings is 1. The summed E-state index contributed by atoms with van der Waals surface area (Å²) in [5, 5.41) is 11.2. The fourth-order valence-electron chi connectivity index (χ4n) is 2.57. The van der Waals surface area contributed by atoms with Crippen LogP contribution in [0.15, 0.2) is 27.8 Å². The van der Waals surface area contributed by atoms with Gasteiger partial charge in [-0.1, -0.05) is 13.3 Å². The molecule has 0 atom stereocenters. The minimum atomic E-state index is -5.06. The molecule has 14 heteroatoms. The van der Waals surface area contributed by atoms with Crippen molar-refractivity contribution in [2.75, 3.05) is 13.2 Å². The molecule has 0 fully saturated rings. The monoisotopic (exact) mass is 463 g/mol. The van der Waals surface area contributed by atoms with Crippen LogP contribution >= 0.6 is 0 Å². The molecule has 0 N–H and O–H groups in total. The van der Waals surface area contributed by atoms with E-state index in [0.717, 1.165) is 6.42 Å². The lowest BCUT2D eigenvalue weighted by Crippen LogP contribution is -2.41. The van der Waals surface area contributed by atoms with Crippen molar-refractivity contribution in [2.45, 2.75) is 25.9 Å². The molecule has 0 amide bonds. The number of esters is 1. The number of halogens is 4. The molecule has 0 aliphatic carbocycles. The molecular formula is C18H17F4N3O7. The molecule has 10 nitrogen and oxygen atoms in total. The molecule has 0 unspecified atom stereocenters. The number of rotatable bonds is 8. The Morgan fingerprint density at radius 1 is 1.22 bits per heavy atom. The van der Waals surface area contributed by atoms with E-state index in [1.54, 1.807) is 0 Å². The third-order valence-corrected chi connectivity index (χ3v) is 4.17. The van der Waals surface area contributed by atoms with Crippen LogP contribution in [-0.4, -0.2) is 33.2 Å². The van der Waals surface area contributed by atoms with Crippen LogP contribution in [0.1, 0.15) is 25.5 Å². The largest absolute Gasteiger partial charge is 0.478 e. The standard InChI is InChI=1S/C18H17F4N3O7/c1-3-4-5-31-15(27)9-32-12-7-10(25(29)30)6-11(16(12)19)24-14(26)8-13(18(20,21)22)23(2)17(24)28/h6-8H,3-5,9H2,1-2H3. The number of ether oxygens (including phenoxy) is 2. The number of hydrogen-bond donors (Lipinski definition) is 0. The zero-order valence-corrected chi connectivity index (χ0v) is 16.8. The van der Waals surface area contributed by atoms with Gasteiger partial charge in [-0.15, -0.1) is 0 Å². The van der Waals surface area contributed by atoms with Gasteiger partial charge in [0.1, 0.15) is 11.4 Å². The Morgan fingerprint density at radius 2 is 1.88 bits per heavy atom. The van der Waals surface area contributed by atoms with Gasteiger partial charge in [0, 0.05) is 19.2 Å². The third kappa shape index (κ3) is 5.31. The van der Waals surface area contributed by atoms with E-state index in [1.807, 2.05) is 6.92 Å². The summed E-state index contributed by atoms with van der Waals surface area (Å²) in [5.41, 5.74) is -6.64. The van der Waals surface area contributed by atoms with Gasteiger partial charge in [-0.25, -0.2) is 18.5 Å². The fourth-order valence-corrected chi connectivity index (χ4v) is 2.57. The van der Waals surface area contributed by atoms with E-state index >= 15 is 0 Å². The Bertz CT molecular complexity index is 1150. The summed E-state index contributed by atoms with van der Waals surface area (Å²) in [7, 11) is 0.695. The SMILES string of the molecule is CCCCOC(=O)COc1cc([N+](=O)[O-])cc(-n2c(=O)cc(C(F)(F)F)n(C)c2=O)c1F. The molecule has 0 aliphatic heterocycles. The first-order chi connectivity index (χ1) is 14.9. The Labute approximate surface area is 176 Å². The van der Waals surface area contributed by atoms with Crippen LogP contribution < -0.4 is 16.0 Å². The third-order valence-electron chi connectivity index (χ3n) is 4.17. The van der Waals surface area contributed by atoms with Crippen molar-refractivity contribution in [3.63, 3.8) is 0 Å². The minimum absolute atomic E-state index is 0.00992. The summed E-state index contributed by atoms with van der Waals surface area (Å²) < 4.78 is 63.7. The van der Waals surface area contributed by atoms with E-state index in [-0.39, 0.29) is 21.8 Å². The molecule has 0 spiro atoms. The number of nitro benzene ring substituents is 1. The number of hydrogen-bond acceptors (Lipinski definition) is 7. The number of nitrogens with zero attached hydrogens (tertiary/aromatic N) is 3. The fraction of sp³-hybridized carbons (Fsp3) is 0.389. The lowest BCUT2D eigenvalue weighted by molar-refractivity contribution is -0.385. The quantitative estimate of drug-likeness (QED) is 0.194. The summed E-state index contributed by atoms with van der Waals surface area (Å²) in [4.78, 5) is 46.4. The lowest BCUT2D eigenvalue weighted by Gasteiger charge is -2.15. The van der Waals surface area contributed by atoms with Crippen molar-refractivity contribution < 1.29 is 36.8 Å². The minimum Gasteiger partial charge on any atom is -0.478 e. The topological polar surface area (TPSA) is 123 Å². The van der Waals surface area contributed by atoms with Gasteiger partial charge in [-0.3, -0.25) is 19.5 Å². The lowest BCUT2D eigenvalue weighted by atomic mass is 10.2. The number of carbonyl (C=O) groups excluding carboxylic acids is 1. The molecule has 1 aromatic carbocycles. The van der Waals surface area contributed by atoms with Gasteiger partial charge >= 0.3 is 17.8 Å². The average molecular weight is 463 g/mol. The molecule has 0 bridgehead atoms. The van der Waals surface area contributed by atoms with Crippen LogP contribution in [0.4, 0.5) is 23.2 Å². The van der Waals surface area contributed by atoms with Crippen LogP contribution in [0.25, 0.3) is 5.69 Å². The zero-order valence-electron chi connectivity index (χ0n) is 16.8. The van der Waals surface area contributed by atoms with Crippen molar-refractivity contribution in [2.24, 2.45) is 7.05 Å². The summed E-state index contributed by atoms with van der Waals surface area (Å²) >= 11 is 0. The average Bonchev–Trinajstić information content (AvgIpc) is 2.70. The van der Waals surface area contributed by atoms with Crippen molar-refractivity contribution in [3.05, 3.63) is 60.7 Å². The van der Waals surface area contributed by atoms with E-state index in [2.05, 4.69) is 0 Å². The van der Waals surface area contributed by atoms with Crippen LogP contribution in [0.3, 0.4) is 0 Å². The molecule has 2 aromatic rings. The maximum Gasteiger partial charge on any atom is 0.431 e. The molecule has 2 rings (SSSR count). The first kappa shape index (κ1) is 24.6. The number of aromatic nitrogens is 2. The number of carbonyl (C=O) groups is 1. The van der Waals surface area contributed by atoms with E-state index in [4.69, 9.17) is 9.47 Å². The molecule has 0 aliphatic rings. The zero-order chi connectivity index (χ0) is 24.2. The Balaban J connectivity index is 2.57. The van der Waals surface area contributed by atoms with E-state index in [0.29, 0.717) is 25.6 Å². The molecule has 174 valence electrons. The van der Waals surface area contributed by atoms with Gasteiger partial charge in [0.25, 0.3) is 11.2 Å². The molecule has 32 heavy (non-hydrogen) atoms. The second-order valence-electron chi connectivity index (χ2n) is 6.44. The highest BCUT2D eigenvalue weighted by molar-refractivity contribution is 5.71. The van der Waals surface area contributed by atoms with Crippen molar-refractivity contribution >= 4 is 11.7 Å². The molecular weight excluding hydrogens is 446 g/mol. The van der Waals surface area contributed by atoms with E-state index in [9.17, 15) is 42.1 Å². The first-order valence-electron chi connectivity index (χ1n) is 9.05. The highest BCUT2D eigenvalue weighted by Gasteiger charge is 2.35. The van der Waals surface area contributed by atoms with Gasteiger partial charge < -0.3 is 9.47 Å². The van der Waals surface area contributed by atoms with Gasteiger partial charge in [-0.2, -0.15) is 13.2 Å². The van der Waals surface area contributed by atoms with Crippen molar-refractivity contribution in [1.29, 1.82) is 0 Å².